The van der Waals surface area contributed by atoms with Crippen molar-refractivity contribution in [3.63, 3.8) is 0 Å². The number of amides is 3. The average Bonchev–Trinajstić information content (AvgIpc) is 2.72. The summed E-state index contributed by atoms with van der Waals surface area (Å²) in [6.07, 6.45) is 0.665. The first-order chi connectivity index (χ1) is 15.4. The fourth-order valence-electron chi connectivity index (χ4n) is 3.56. The molecule has 0 bridgehead atoms. The monoisotopic (exact) mass is 481 g/mol. The van der Waals surface area contributed by atoms with Crippen LogP contribution in [-0.4, -0.2) is 65.6 Å². The highest BCUT2D eigenvalue weighted by Crippen LogP contribution is 2.27. The number of benzene rings is 1. The summed E-state index contributed by atoms with van der Waals surface area (Å²) >= 11 is 5.86. The molecule has 0 spiro atoms. The molecule has 3 amide bonds. The minimum atomic E-state index is -0.699. The SMILES string of the molecule is CN(C)C(=O)[C@H]1CC[C@H](NC(=O)C(=Nc2ccc(Cl)cc2)NO)[C@H](NC(=O)OC(C)(C)C)C1. The Morgan fingerprint density at radius 1 is 1.09 bits per heavy atom. The summed E-state index contributed by atoms with van der Waals surface area (Å²) < 4.78 is 5.35. The van der Waals surface area contributed by atoms with E-state index in [2.05, 4.69) is 15.6 Å². The Bertz CT molecular complexity index is 882. The molecule has 0 heterocycles. The van der Waals surface area contributed by atoms with Gasteiger partial charge in [0, 0.05) is 31.1 Å². The Balaban J connectivity index is 2.17. The molecule has 0 unspecified atom stereocenters. The van der Waals surface area contributed by atoms with Crippen LogP contribution in [0.3, 0.4) is 0 Å². The summed E-state index contributed by atoms with van der Waals surface area (Å²) in [4.78, 5) is 43.3. The zero-order chi connectivity index (χ0) is 24.8. The minimum Gasteiger partial charge on any atom is -0.444 e. The third-order valence-corrected chi connectivity index (χ3v) is 5.30. The number of hydroxylamine groups is 1. The molecule has 182 valence electrons. The standard InChI is InChI=1S/C22H32ClN5O5/c1-22(2,3)33-21(31)26-17-12-13(20(30)28(4)5)6-11-16(17)25-19(29)18(27-32)24-15-9-7-14(23)8-10-15/h7-10,13,16-17,32H,6,11-12H2,1-5H3,(H,24,27)(H,25,29)(H,26,31)/t13-,16-,17+/m0/s1. The molecule has 3 atom stereocenters. The first-order valence-corrected chi connectivity index (χ1v) is 11.0. The third-order valence-electron chi connectivity index (χ3n) is 5.05. The maximum atomic E-state index is 12.8. The van der Waals surface area contributed by atoms with E-state index in [0.717, 1.165) is 0 Å². The first kappa shape index (κ1) is 26.4. The molecule has 4 N–H and O–H groups in total. The minimum absolute atomic E-state index is 0.0437. The van der Waals surface area contributed by atoms with Gasteiger partial charge in [0.25, 0.3) is 5.91 Å². The van der Waals surface area contributed by atoms with Crippen molar-refractivity contribution in [3.8, 4) is 0 Å². The van der Waals surface area contributed by atoms with Gasteiger partial charge in [0.05, 0.1) is 11.7 Å². The molecular weight excluding hydrogens is 450 g/mol. The van der Waals surface area contributed by atoms with Gasteiger partial charge in [-0.05, 0) is 64.3 Å². The Morgan fingerprint density at radius 3 is 2.27 bits per heavy atom. The van der Waals surface area contributed by atoms with Gasteiger partial charge in [-0.25, -0.2) is 15.3 Å². The van der Waals surface area contributed by atoms with Gasteiger partial charge < -0.3 is 20.3 Å². The fraction of sp³-hybridized carbons (Fsp3) is 0.545. The van der Waals surface area contributed by atoms with Gasteiger partial charge in [-0.2, -0.15) is 0 Å². The zero-order valence-electron chi connectivity index (χ0n) is 19.5. The summed E-state index contributed by atoms with van der Waals surface area (Å²) in [5, 5.41) is 15.5. The number of carbonyl (C=O) groups is 3. The van der Waals surface area contributed by atoms with Crippen LogP contribution in [0.5, 0.6) is 0 Å². The molecule has 2 rings (SSSR count). The lowest BCUT2D eigenvalue weighted by atomic mass is 9.81. The number of nitrogens with one attached hydrogen (secondary N) is 3. The van der Waals surface area contributed by atoms with Crippen LogP contribution in [0.25, 0.3) is 0 Å². The van der Waals surface area contributed by atoms with Gasteiger partial charge in [-0.15, -0.1) is 0 Å². The molecule has 0 saturated heterocycles. The summed E-state index contributed by atoms with van der Waals surface area (Å²) in [6.45, 7) is 5.24. The lowest BCUT2D eigenvalue weighted by Gasteiger charge is -2.37. The lowest BCUT2D eigenvalue weighted by molar-refractivity contribution is -0.134. The van der Waals surface area contributed by atoms with E-state index in [9.17, 15) is 19.6 Å². The van der Waals surface area contributed by atoms with Crippen LogP contribution in [0.1, 0.15) is 40.0 Å². The largest absolute Gasteiger partial charge is 0.444 e. The normalized spacial score (nSPS) is 21.1. The Hall–Kier alpha value is -2.85. The number of hydrogen-bond donors (Lipinski definition) is 4. The predicted octanol–water partition coefficient (Wildman–Crippen LogP) is 2.62. The summed E-state index contributed by atoms with van der Waals surface area (Å²) in [6, 6.07) is 5.35. The van der Waals surface area contributed by atoms with Crippen LogP contribution in [0.4, 0.5) is 10.5 Å². The van der Waals surface area contributed by atoms with Crippen molar-refractivity contribution in [1.29, 1.82) is 0 Å². The second kappa shape index (κ2) is 11.3. The topological polar surface area (TPSA) is 132 Å². The number of nitrogens with zero attached hydrogens (tertiary/aromatic N) is 2. The van der Waals surface area contributed by atoms with E-state index in [1.807, 2.05) is 5.48 Å². The Labute approximate surface area is 198 Å². The molecule has 0 aromatic heterocycles. The quantitative estimate of drug-likeness (QED) is 0.297. The van der Waals surface area contributed by atoms with Crippen LogP contribution >= 0.6 is 11.6 Å². The molecule has 1 aromatic rings. The number of rotatable bonds is 4. The molecule has 10 nitrogen and oxygen atoms in total. The number of alkyl carbamates (subject to hydrolysis) is 1. The maximum absolute atomic E-state index is 12.8. The zero-order valence-corrected chi connectivity index (χ0v) is 20.3. The number of halogens is 1. The number of carbonyl (C=O) groups excluding carboxylic acids is 3. The van der Waals surface area contributed by atoms with Crippen LogP contribution in [0.2, 0.25) is 5.02 Å². The lowest BCUT2D eigenvalue weighted by Crippen LogP contribution is -2.58. The summed E-state index contributed by atoms with van der Waals surface area (Å²) in [7, 11) is 3.36. The highest BCUT2D eigenvalue weighted by Gasteiger charge is 2.37. The van der Waals surface area contributed by atoms with E-state index in [0.29, 0.717) is 30.0 Å². The van der Waals surface area contributed by atoms with Gasteiger partial charge in [0.2, 0.25) is 11.7 Å². The smallest absolute Gasteiger partial charge is 0.407 e. The highest BCUT2D eigenvalue weighted by molar-refractivity contribution is 6.38. The molecule has 1 aliphatic rings. The van der Waals surface area contributed by atoms with E-state index < -0.39 is 29.7 Å². The molecule has 0 radical (unpaired) electrons. The Kier molecular flexibility index (Phi) is 9.07. The van der Waals surface area contributed by atoms with Gasteiger partial charge in [0.1, 0.15) is 5.60 Å². The third kappa shape index (κ3) is 8.21. The van der Waals surface area contributed by atoms with Crippen molar-refractivity contribution in [3.05, 3.63) is 29.3 Å². The number of ether oxygens (including phenoxy) is 1. The van der Waals surface area contributed by atoms with Crippen LogP contribution in [-0.2, 0) is 14.3 Å². The van der Waals surface area contributed by atoms with E-state index >= 15 is 0 Å². The Morgan fingerprint density at radius 2 is 1.73 bits per heavy atom. The summed E-state index contributed by atoms with van der Waals surface area (Å²) in [5.74, 6) is -1.32. The fourth-order valence-corrected chi connectivity index (χ4v) is 3.69. The van der Waals surface area contributed by atoms with Crippen LogP contribution in [0.15, 0.2) is 29.3 Å². The molecule has 1 fully saturated rings. The predicted molar refractivity (Wildman–Crippen MR) is 125 cm³/mol. The van der Waals surface area contributed by atoms with E-state index in [4.69, 9.17) is 16.3 Å². The van der Waals surface area contributed by atoms with Gasteiger partial charge in [-0.1, -0.05) is 11.6 Å². The first-order valence-electron chi connectivity index (χ1n) is 10.7. The summed E-state index contributed by atoms with van der Waals surface area (Å²) in [5.41, 5.74) is 1.53. The number of aliphatic imine (C=N–C) groups is 1. The number of amidine groups is 1. The van der Waals surface area contributed by atoms with Crippen molar-refractivity contribution in [1.82, 2.24) is 21.0 Å². The van der Waals surface area contributed by atoms with Crippen molar-refractivity contribution < 1.29 is 24.3 Å². The average molecular weight is 482 g/mol. The number of hydrogen-bond acceptors (Lipinski definition) is 6. The molecule has 1 aliphatic carbocycles. The second-order valence-electron chi connectivity index (χ2n) is 9.12. The highest BCUT2D eigenvalue weighted by atomic mass is 35.5. The van der Waals surface area contributed by atoms with E-state index in [1.165, 1.54) is 4.90 Å². The molecule has 11 heteroatoms. The van der Waals surface area contributed by atoms with Gasteiger partial charge in [-0.3, -0.25) is 14.8 Å². The molecule has 0 aliphatic heterocycles. The van der Waals surface area contributed by atoms with Crippen LogP contribution < -0.4 is 16.1 Å². The van der Waals surface area contributed by atoms with Crippen molar-refractivity contribution in [2.24, 2.45) is 10.9 Å². The van der Waals surface area contributed by atoms with Gasteiger partial charge >= 0.3 is 6.09 Å². The van der Waals surface area contributed by atoms with Crippen molar-refractivity contribution >= 4 is 41.0 Å². The second-order valence-corrected chi connectivity index (χ2v) is 9.56. The van der Waals surface area contributed by atoms with Crippen LogP contribution in [0, 0.1) is 5.92 Å². The van der Waals surface area contributed by atoms with E-state index in [-0.39, 0.29) is 17.7 Å². The molecule has 33 heavy (non-hydrogen) atoms. The molecule has 1 saturated carbocycles. The molecular formula is C22H32ClN5O5. The van der Waals surface area contributed by atoms with Crippen molar-refractivity contribution in [2.45, 2.75) is 57.7 Å². The van der Waals surface area contributed by atoms with E-state index in [1.54, 1.807) is 59.1 Å². The van der Waals surface area contributed by atoms with Crippen molar-refractivity contribution in [2.75, 3.05) is 14.1 Å². The molecule has 1 aromatic carbocycles. The van der Waals surface area contributed by atoms with Gasteiger partial charge in [0.15, 0.2) is 0 Å². The maximum Gasteiger partial charge on any atom is 0.407 e.